The molecule has 0 amide bonds. The number of aliphatic carboxylic acids is 2. The van der Waals surface area contributed by atoms with Crippen LogP contribution in [0.15, 0.2) is 0 Å². The van der Waals surface area contributed by atoms with Crippen molar-refractivity contribution in [2.24, 2.45) is 10.8 Å². The molecule has 0 N–H and O–H groups in total. The molecule has 0 aromatic heterocycles. The topological polar surface area (TPSA) is 80.3 Å². The van der Waals surface area contributed by atoms with Gasteiger partial charge in [0.25, 0.3) is 0 Å². The Labute approximate surface area is 110 Å². The second kappa shape index (κ2) is 7.16. The number of rotatable bonds is 0. The molecule has 4 nitrogen and oxygen atoms in total. The predicted molar refractivity (Wildman–Crippen MR) is 54.7 cm³/mol. The largest absolute Gasteiger partial charge is 2.00 e. The van der Waals surface area contributed by atoms with Crippen LogP contribution >= 0.6 is 0 Å². The third kappa shape index (κ3) is 13.8. The van der Waals surface area contributed by atoms with E-state index in [1.807, 2.05) is 0 Å². The minimum absolute atomic E-state index is 0. The van der Waals surface area contributed by atoms with Crippen LogP contribution < -0.4 is 10.2 Å². The van der Waals surface area contributed by atoms with Crippen molar-refractivity contribution >= 4 is 38.1 Å². The average molecular weight is 411 g/mol. The fourth-order valence-corrected chi connectivity index (χ4v) is 0. The summed E-state index contributed by atoms with van der Waals surface area (Å²) < 4.78 is 0. The number of carboxylic acid groups (broad SMARTS) is 2. The summed E-state index contributed by atoms with van der Waals surface area (Å²) in [5.74, 6) is -2.01. The van der Waals surface area contributed by atoms with E-state index in [-0.39, 0.29) is 26.2 Å². The SMILES string of the molecule is CC(C)(C)C(=O)[O-].CC(C)(C)C(=O)[O-].[Bi+2]. The van der Waals surface area contributed by atoms with Gasteiger partial charge in [-0.2, -0.15) is 0 Å². The van der Waals surface area contributed by atoms with Crippen LogP contribution in [0, 0.1) is 10.8 Å². The molecular weight excluding hydrogens is 393 g/mol. The molecule has 0 aliphatic rings. The Balaban J connectivity index is -0.000000180. The average Bonchev–Trinajstić information content (AvgIpc) is 1.83. The van der Waals surface area contributed by atoms with Crippen molar-refractivity contribution in [2.75, 3.05) is 0 Å². The molecule has 0 fully saturated rings. The Bertz CT molecular complexity index is 186. The van der Waals surface area contributed by atoms with Gasteiger partial charge in [0.2, 0.25) is 0 Å². The molecule has 3 radical (unpaired) electrons. The molecule has 0 aromatic rings. The monoisotopic (exact) mass is 411 g/mol. The van der Waals surface area contributed by atoms with Gasteiger partial charge in [-0.25, -0.2) is 0 Å². The first-order valence-electron chi connectivity index (χ1n) is 4.32. The van der Waals surface area contributed by atoms with Gasteiger partial charge in [-0.1, -0.05) is 41.5 Å². The van der Waals surface area contributed by atoms with Crippen LogP contribution in [-0.4, -0.2) is 38.1 Å². The Kier molecular flexibility index (Phi) is 9.67. The van der Waals surface area contributed by atoms with Crippen LogP contribution in [0.25, 0.3) is 0 Å². The van der Waals surface area contributed by atoms with Crippen LogP contribution in [0.2, 0.25) is 0 Å². The maximum atomic E-state index is 9.91. The van der Waals surface area contributed by atoms with Crippen LogP contribution in [0.4, 0.5) is 0 Å². The normalized spacial score (nSPS) is 10.5. The van der Waals surface area contributed by atoms with Gasteiger partial charge < -0.3 is 19.8 Å². The standard InChI is InChI=1S/2C5H10O2.Bi/c2*1-5(2,3)4(6)7;/h2*1-3H3,(H,6,7);/q;;+2/p-2. The quantitative estimate of drug-likeness (QED) is 0.489. The number of carbonyl (C=O) groups excluding carboxylic acids is 2. The van der Waals surface area contributed by atoms with Crippen molar-refractivity contribution < 1.29 is 19.8 Å². The van der Waals surface area contributed by atoms with Gasteiger partial charge in [-0.05, 0) is 0 Å². The molecule has 0 saturated heterocycles. The van der Waals surface area contributed by atoms with Crippen molar-refractivity contribution in [1.82, 2.24) is 0 Å². The molecule has 0 aliphatic heterocycles. The second-order valence-corrected chi connectivity index (χ2v) is 5.07. The van der Waals surface area contributed by atoms with E-state index in [1.165, 1.54) is 0 Å². The summed E-state index contributed by atoms with van der Waals surface area (Å²) >= 11 is 0. The van der Waals surface area contributed by atoms with E-state index in [0.29, 0.717) is 0 Å². The first-order valence-corrected chi connectivity index (χ1v) is 4.32. The minimum Gasteiger partial charge on any atom is -0.550 e. The van der Waals surface area contributed by atoms with E-state index in [0.717, 1.165) is 0 Å². The van der Waals surface area contributed by atoms with Gasteiger partial charge >= 0.3 is 26.2 Å². The Hall–Kier alpha value is -0.177. The van der Waals surface area contributed by atoms with Crippen LogP contribution in [0.1, 0.15) is 41.5 Å². The maximum Gasteiger partial charge on any atom is 2.00 e. The molecule has 0 heterocycles. The molecule has 5 heteroatoms. The summed E-state index contributed by atoms with van der Waals surface area (Å²) in [4.78, 5) is 19.8. The Morgan fingerprint density at radius 2 is 0.800 bits per heavy atom. The first kappa shape index (κ1) is 20.3. The number of carboxylic acids is 2. The fourth-order valence-electron chi connectivity index (χ4n) is 0. The smallest absolute Gasteiger partial charge is 0.550 e. The van der Waals surface area contributed by atoms with Crippen molar-refractivity contribution in [1.29, 1.82) is 0 Å². The van der Waals surface area contributed by atoms with E-state index in [9.17, 15) is 19.8 Å². The molecule has 0 aromatic carbocycles. The summed E-state index contributed by atoms with van der Waals surface area (Å²) in [5.41, 5.74) is -1.39. The Morgan fingerprint density at radius 3 is 0.800 bits per heavy atom. The zero-order chi connectivity index (χ0) is 12.2. The van der Waals surface area contributed by atoms with Gasteiger partial charge in [0.15, 0.2) is 0 Å². The summed E-state index contributed by atoms with van der Waals surface area (Å²) in [6.07, 6.45) is 0. The van der Waals surface area contributed by atoms with Gasteiger partial charge in [0.1, 0.15) is 0 Å². The number of carbonyl (C=O) groups is 2. The Morgan fingerprint density at radius 1 is 0.733 bits per heavy atom. The van der Waals surface area contributed by atoms with Gasteiger partial charge in [0, 0.05) is 22.8 Å². The third-order valence-corrected chi connectivity index (χ3v) is 1.22. The molecule has 0 rings (SSSR count). The molecule has 0 spiro atoms. The van der Waals surface area contributed by atoms with E-state index >= 15 is 0 Å². The molecule has 0 saturated carbocycles. The van der Waals surface area contributed by atoms with Crippen molar-refractivity contribution in [3.63, 3.8) is 0 Å². The molecule has 0 atom stereocenters. The van der Waals surface area contributed by atoms with Gasteiger partial charge in [-0.15, -0.1) is 0 Å². The molecule has 87 valence electrons. The van der Waals surface area contributed by atoms with Gasteiger partial charge in [0.05, 0.1) is 0 Å². The summed E-state index contributed by atoms with van der Waals surface area (Å²) in [6, 6.07) is 0. The summed E-state index contributed by atoms with van der Waals surface area (Å²) in [5, 5.41) is 19.8. The zero-order valence-corrected chi connectivity index (χ0v) is 13.6. The molecule has 0 aliphatic carbocycles. The fraction of sp³-hybridized carbons (Fsp3) is 0.800. The molecule has 15 heavy (non-hydrogen) atoms. The summed E-state index contributed by atoms with van der Waals surface area (Å²) in [7, 11) is 0. The van der Waals surface area contributed by atoms with Crippen LogP contribution in [0.5, 0.6) is 0 Å². The first-order chi connectivity index (χ1) is 5.89. The minimum atomic E-state index is -1.01. The zero-order valence-electron chi connectivity index (χ0n) is 10.1. The van der Waals surface area contributed by atoms with Crippen molar-refractivity contribution in [2.45, 2.75) is 41.5 Å². The number of hydrogen-bond donors (Lipinski definition) is 0. The number of hydrogen-bond acceptors (Lipinski definition) is 4. The molecular formula is C10H18BiO4. The van der Waals surface area contributed by atoms with Crippen LogP contribution in [-0.2, 0) is 9.59 Å². The van der Waals surface area contributed by atoms with Crippen molar-refractivity contribution in [3.05, 3.63) is 0 Å². The third-order valence-electron chi connectivity index (χ3n) is 1.22. The van der Waals surface area contributed by atoms with E-state index in [1.54, 1.807) is 41.5 Å². The molecule has 0 unspecified atom stereocenters. The van der Waals surface area contributed by atoms with E-state index in [4.69, 9.17) is 0 Å². The summed E-state index contributed by atoms with van der Waals surface area (Å²) in [6.45, 7) is 9.60. The van der Waals surface area contributed by atoms with E-state index in [2.05, 4.69) is 0 Å². The maximum absolute atomic E-state index is 9.91. The second-order valence-electron chi connectivity index (χ2n) is 5.07. The van der Waals surface area contributed by atoms with Crippen molar-refractivity contribution in [3.8, 4) is 0 Å². The van der Waals surface area contributed by atoms with Crippen LogP contribution in [0.3, 0.4) is 0 Å². The van der Waals surface area contributed by atoms with E-state index < -0.39 is 22.8 Å². The molecule has 0 bridgehead atoms. The van der Waals surface area contributed by atoms with Gasteiger partial charge in [-0.3, -0.25) is 0 Å². The predicted octanol–water partition coefficient (Wildman–Crippen LogP) is -0.816.